The van der Waals surface area contributed by atoms with Gasteiger partial charge < -0.3 is 0 Å². The van der Waals surface area contributed by atoms with E-state index in [2.05, 4.69) is 34.1 Å². The van der Waals surface area contributed by atoms with Crippen molar-refractivity contribution in [2.24, 2.45) is 5.84 Å². The minimum atomic E-state index is 0.0901. The van der Waals surface area contributed by atoms with Gasteiger partial charge in [0.25, 0.3) is 0 Å². The Morgan fingerprint density at radius 3 is 2.76 bits per heavy atom. The molecule has 0 amide bonds. The topological polar surface area (TPSA) is 63.8 Å². The highest BCUT2D eigenvalue weighted by molar-refractivity contribution is 7.05. The maximum atomic E-state index is 5.64. The number of nitrogens with zero attached hydrogens (tertiary/aromatic N) is 2. The zero-order valence-electron chi connectivity index (χ0n) is 9.76. The highest BCUT2D eigenvalue weighted by Crippen LogP contribution is 2.23. The van der Waals surface area contributed by atoms with Gasteiger partial charge in [-0.3, -0.25) is 11.3 Å². The van der Waals surface area contributed by atoms with E-state index in [0.29, 0.717) is 0 Å². The number of nitrogens with one attached hydrogen (secondary N) is 1. The van der Waals surface area contributed by atoms with Gasteiger partial charge >= 0.3 is 0 Å². The lowest BCUT2D eigenvalue weighted by Crippen LogP contribution is -2.29. The molecule has 4 nitrogen and oxygen atoms in total. The van der Waals surface area contributed by atoms with E-state index in [9.17, 15) is 0 Å². The van der Waals surface area contributed by atoms with Crippen molar-refractivity contribution >= 4 is 11.5 Å². The van der Waals surface area contributed by atoms with Gasteiger partial charge in [0.1, 0.15) is 0 Å². The molecule has 0 radical (unpaired) electrons. The summed E-state index contributed by atoms with van der Waals surface area (Å²) in [5.41, 5.74) is 5.15. The van der Waals surface area contributed by atoms with Crippen molar-refractivity contribution in [3.63, 3.8) is 0 Å². The first-order chi connectivity index (χ1) is 8.35. The number of nitrogens with two attached hydrogens (primary N) is 1. The van der Waals surface area contributed by atoms with Crippen LogP contribution in [0.2, 0.25) is 0 Å². The van der Waals surface area contributed by atoms with Crippen molar-refractivity contribution < 1.29 is 0 Å². The van der Waals surface area contributed by atoms with Crippen LogP contribution in [0.1, 0.15) is 29.1 Å². The van der Waals surface area contributed by atoms with Gasteiger partial charge in [-0.15, -0.1) is 5.10 Å². The third-order valence-electron chi connectivity index (χ3n) is 2.72. The third kappa shape index (κ3) is 2.88. The standard InChI is InChI=1S/C12H16N4S/c1-2-10-12(17-16-15-10)11(14-13)8-9-6-4-3-5-7-9/h3-7,11,14H,2,8,13H2,1H3. The van der Waals surface area contributed by atoms with Crippen molar-refractivity contribution in [1.82, 2.24) is 15.0 Å². The number of aryl methyl sites for hydroxylation is 1. The molecule has 17 heavy (non-hydrogen) atoms. The number of hydrogen-bond acceptors (Lipinski definition) is 5. The van der Waals surface area contributed by atoms with Crippen LogP contribution in [0.4, 0.5) is 0 Å². The van der Waals surface area contributed by atoms with Crippen LogP contribution < -0.4 is 11.3 Å². The molecule has 0 bridgehead atoms. The Morgan fingerprint density at radius 2 is 2.12 bits per heavy atom. The quantitative estimate of drug-likeness (QED) is 0.626. The number of rotatable bonds is 5. The number of benzene rings is 1. The summed E-state index contributed by atoms with van der Waals surface area (Å²) < 4.78 is 4.00. The van der Waals surface area contributed by atoms with E-state index in [-0.39, 0.29) is 6.04 Å². The molecule has 0 aliphatic heterocycles. The van der Waals surface area contributed by atoms with E-state index in [1.807, 2.05) is 18.2 Å². The first kappa shape index (κ1) is 12.2. The van der Waals surface area contributed by atoms with E-state index >= 15 is 0 Å². The van der Waals surface area contributed by atoms with Crippen LogP contribution in [0, 0.1) is 0 Å². The lowest BCUT2D eigenvalue weighted by atomic mass is 10.0. The molecule has 1 aromatic carbocycles. The summed E-state index contributed by atoms with van der Waals surface area (Å²) in [5, 5.41) is 4.12. The maximum Gasteiger partial charge on any atom is 0.0801 e. The molecular formula is C12H16N4S. The summed E-state index contributed by atoms with van der Waals surface area (Å²) in [6.07, 6.45) is 1.74. The Morgan fingerprint density at radius 1 is 1.35 bits per heavy atom. The lowest BCUT2D eigenvalue weighted by Gasteiger charge is -2.14. The van der Waals surface area contributed by atoms with Crippen LogP contribution in [-0.2, 0) is 12.8 Å². The van der Waals surface area contributed by atoms with Crippen molar-refractivity contribution in [3.8, 4) is 0 Å². The molecule has 90 valence electrons. The van der Waals surface area contributed by atoms with Crippen LogP contribution >= 0.6 is 11.5 Å². The van der Waals surface area contributed by atoms with Crippen LogP contribution in [0.3, 0.4) is 0 Å². The first-order valence-electron chi connectivity index (χ1n) is 5.66. The summed E-state index contributed by atoms with van der Waals surface area (Å²) in [6.45, 7) is 2.08. The Labute approximate surface area is 105 Å². The van der Waals surface area contributed by atoms with Crippen LogP contribution in [0.5, 0.6) is 0 Å². The van der Waals surface area contributed by atoms with Gasteiger partial charge in [-0.05, 0) is 29.9 Å². The summed E-state index contributed by atoms with van der Waals surface area (Å²) in [6, 6.07) is 10.4. The Kier molecular flexibility index (Phi) is 4.19. The van der Waals surface area contributed by atoms with E-state index in [1.54, 1.807) is 0 Å². The van der Waals surface area contributed by atoms with Gasteiger partial charge in [0, 0.05) is 0 Å². The Balaban J connectivity index is 2.17. The van der Waals surface area contributed by atoms with E-state index in [1.165, 1.54) is 17.1 Å². The molecule has 0 aliphatic carbocycles. The summed E-state index contributed by atoms with van der Waals surface area (Å²) in [7, 11) is 0. The molecule has 1 atom stereocenters. The molecule has 0 saturated heterocycles. The molecule has 0 fully saturated rings. The summed E-state index contributed by atoms with van der Waals surface area (Å²) in [4.78, 5) is 1.14. The van der Waals surface area contributed by atoms with E-state index in [4.69, 9.17) is 5.84 Å². The summed E-state index contributed by atoms with van der Waals surface area (Å²) in [5.74, 6) is 5.64. The van der Waals surface area contributed by atoms with Gasteiger partial charge in [-0.2, -0.15) is 0 Å². The molecule has 0 aliphatic rings. The predicted octanol–water partition coefficient (Wildman–Crippen LogP) is 1.85. The number of hydrogen-bond donors (Lipinski definition) is 2. The highest BCUT2D eigenvalue weighted by Gasteiger charge is 2.17. The SMILES string of the molecule is CCc1nnsc1C(Cc1ccccc1)NN. The van der Waals surface area contributed by atoms with Gasteiger partial charge in [-0.1, -0.05) is 41.7 Å². The first-order valence-corrected chi connectivity index (χ1v) is 6.43. The normalized spacial score (nSPS) is 12.6. The Bertz CT molecular complexity index is 455. The van der Waals surface area contributed by atoms with Gasteiger partial charge in [0.05, 0.1) is 16.6 Å². The highest BCUT2D eigenvalue weighted by atomic mass is 32.1. The van der Waals surface area contributed by atoms with E-state index < -0.39 is 0 Å². The average molecular weight is 248 g/mol. The predicted molar refractivity (Wildman–Crippen MR) is 69.5 cm³/mol. The Hall–Kier alpha value is -1.30. The van der Waals surface area contributed by atoms with Crippen molar-refractivity contribution in [2.75, 3.05) is 0 Å². The molecule has 1 aromatic heterocycles. The zero-order chi connectivity index (χ0) is 12.1. The minimum absolute atomic E-state index is 0.0901. The van der Waals surface area contributed by atoms with Crippen molar-refractivity contribution in [3.05, 3.63) is 46.5 Å². The zero-order valence-corrected chi connectivity index (χ0v) is 10.6. The minimum Gasteiger partial charge on any atom is -0.271 e. The average Bonchev–Trinajstić information content (AvgIpc) is 2.85. The van der Waals surface area contributed by atoms with Gasteiger partial charge in [0.15, 0.2) is 0 Å². The van der Waals surface area contributed by atoms with Crippen LogP contribution in [0.15, 0.2) is 30.3 Å². The molecule has 0 saturated carbocycles. The van der Waals surface area contributed by atoms with Crippen molar-refractivity contribution in [1.29, 1.82) is 0 Å². The maximum absolute atomic E-state index is 5.64. The molecule has 2 aromatic rings. The molecule has 1 heterocycles. The van der Waals surface area contributed by atoms with Crippen LogP contribution in [0.25, 0.3) is 0 Å². The van der Waals surface area contributed by atoms with Crippen molar-refractivity contribution in [2.45, 2.75) is 25.8 Å². The summed E-state index contributed by atoms with van der Waals surface area (Å²) >= 11 is 1.42. The number of aromatic nitrogens is 2. The molecule has 5 heteroatoms. The monoisotopic (exact) mass is 248 g/mol. The van der Waals surface area contributed by atoms with Gasteiger partial charge in [-0.25, -0.2) is 0 Å². The third-order valence-corrected chi connectivity index (χ3v) is 3.60. The second kappa shape index (κ2) is 5.86. The fourth-order valence-corrected chi connectivity index (χ4v) is 2.60. The lowest BCUT2D eigenvalue weighted by molar-refractivity contribution is 0.555. The van der Waals surface area contributed by atoms with Gasteiger partial charge in [0.2, 0.25) is 0 Å². The molecule has 2 rings (SSSR count). The largest absolute Gasteiger partial charge is 0.271 e. The fraction of sp³-hybridized carbons (Fsp3) is 0.333. The molecule has 1 unspecified atom stereocenters. The second-order valence-electron chi connectivity index (χ2n) is 3.85. The molecule has 0 spiro atoms. The number of hydrazine groups is 1. The van der Waals surface area contributed by atoms with E-state index in [0.717, 1.165) is 23.4 Å². The smallest absolute Gasteiger partial charge is 0.0801 e. The second-order valence-corrected chi connectivity index (χ2v) is 4.63. The van der Waals surface area contributed by atoms with Crippen LogP contribution in [-0.4, -0.2) is 9.59 Å². The molecular weight excluding hydrogens is 232 g/mol. The fourth-order valence-electron chi connectivity index (χ4n) is 1.80. The molecule has 3 N–H and O–H groups in total.